The molecule has 0 saturated heterocycles. The zero-order valence-electron chi connectivity index (χ0n) is 8.70. The lowest BCUT2D eigenvalue weighted by Gasteiger charge is -2.02. The molecule has 4 N–H and O–H groups in total. The Morgan fingerprint density at radius 2 is 2.29 bits per heavy atom. The number of nitrogens with zero attached hydrogens (tertiary/aromatic N) is 5. The molecule has 0 bridgehead atoms. The lowest BCUT2D eigenvalue weighted by Crippen LogP contribution is -2.04. The van der Waals surface area contributed by atoms with Crippen LogP contribution in [-0.2, 0) is 6.61 Å². The number of H-pyrrole nitrogens is 1. The van der Waals surface area contributed by atoms with Gasteiger partial charge in [0.2, 0.25) is 5.95 Å². The average Bonchev–Trinajstić information content (AvgIpc) is 2.95. The highest BCUT2D eigenvalue weighted by atomic mass is 16.3. The van der Waals surface area contributed by atoms with Crippen molar-refractivity contribution in [1.82, 2.24) is 29.9 Å². The van der Waals surface area contributed by atoms with Gasteiger partial charge in [-0.25, -0.2) is 4.68 Å². The molecule has 0 aliphatic rings. The van der Waals surface area contributed by atoms with Crippen molar-refractivity contribution in [2.75, 3.05) is 5.73 Å². The third-order valence-electron chi connectivity index (χ3n) is 2.33. The van der Waals surface area contributed by atoms with Crippen LogP contribution in [0.15, 0.2) is 18.5 Å². The van der Waals surface area contributed by atoms with Gasteiger partial charge < -0.3 is 10.8 Å². The molecule has 3 aromatic heterocycles. The summed E-state index contributed by atoms with van der Waals surface area (Å²) >= 11 is 0. The van der Waals surface area contributed by atoms with Gasteiger partial charge in [-0.05, 0) is 6.07 Å². The van der Waals surface area contributed by atoms with Gasteiger partial charge in [-0.3, -0.25) is 5.10 Å². The van der Waals surface area contributed by atoms with Gasteiger partial charge in [0.05, 0.1) is 23.9 Å². The maximum atomic E-state index is 8.97. The highest BCUT2D eigenvalue weighted by Crippen LogP contribution is 2.17. The van der Waals surface area contributed by atoms with Gasteiger partial charge in [0.25, 0.3) is 0 Å². The first kappa shape index (κ1) is 9.73. The molecule has 3 aromatic rings. The molecule has 0 radical (unpaired) electrons. The molecule has 17 heavy (non-hydrogen) atoms. The summed E-state index contributed by atoms with van der Waals surface area (Å²) in [5.41, 5.74) is 6.70. The number of hydrogen-bond donors (Lipinski definition) is 3. The summed E-state index contributed by atoms with van der Waals surface area (Å²) < 4.78 is 1.53. The van der Waals surface area contributed by atoms with Gasteiger partial charge in [0.15, 0.2) is 11.5 Å². The van der Waals surface area contributed by atoms with Crippen molar-refractivity contribution >= 4 is 17.0 Å². The molecular formula is C9H9N7O. The molecule has 3 heterocycles. The number of anilines is 1. The molecule has 0 saturated carbocycles. The first-order valence-electron chi connectivity index (χ1n) is 4.90. The molecule has 0 unspecified atom stereocenters. The maximum Gasteiger partial charge on any atom is 0.224 e. The minimum atomic E-state index is -0.123. The zero-order chi connectivity index (χ0) is 11.8. The van der Waals surface area contributed by atoms with Crippen LogP contribution in [0.2, 0.25) is 0 Å². The molecule has 86 valence electrons. The number of nitrogens with one attached hydrogen (secondary N) is 1. The summed E-state index contributed by atoms with van der Waals surface area (Å²) in [5.74, 6) is 0.666. The smallest absolute Gasteiger partial charge is 0.224 e. The van der Waals surface area contributed by atoms with Crippen molar-refractivity contribution in [3.8, 4) is 5.82 Å². The van der Waals surface area contributed by atoms with E-state index in [1.54, 1.807) is 18.5 Å². The van der Waals surface area contributed by atoms with Crippen molar-refractivity contribution in [2.24, 2.45) is 0 Å². The van der Waals surface area contributed by atoms with Crippen molar-refractivity contribution < 1.29 is 5.11 Å². The van der Waals surface area contributed by atoms with E-state index in [0.717, 1.165) is 0 Å². The molecule has 0 aromatic carbocycles. The minimum Gasteiger partial charge on any atom is -0.390 e. The Hall–Kier alpha value is -2.48. The fraction of sp³-hybridized carbons (Fsp3) is 0.111. The number of aromatic amines is 1. The Balaban J connectivity index is 2.24. The van der Waals surface area contributed by atoms with E-state index in [1.165, 1.54) is 4.68 Å². The SMILES string of the molecule is Nc1nc(-n2ccc(CO)n2)c2cn[nH]c2n1. The van der Waals surface area contributed by atoms with Crippen LogP contribution in [0.3, 0.4) is 0 Å². The quantitative estimate of drug-likeness (QED) is 0.552. The second-order valence-corrected chi connectivity index (χ2v) is 3.45. The summed E-state index contributed by atoms with van der Waals surface area (Å²) in [6.07, 6.45) is 3.30. The second kappa shape index (κ2) is 3.52. The van der Waals surface area contributed by atoms with E-state index in [0.29, 0.717) is 22.5 Å². The Morgan fingerprint density at radius 3 is 3.06 bits per heavy atom. The van der Waals surface area contributed by atoms with Gasteiger partial charge in [0.1, 0.15) is 0 Å². The van der Waals surface area contributed by atoms with Crippen LogP contribution >= 0.6 is 0 Å². The van der Waals surface area contributed by atoms with Crippen LogP contribution in [0.5, 0.6) is 0 Å². The normalized spacial score (nSPS) is 11.1. The van der Waals surface area contributed by atoms with Gasteiger partial charge >= 0.3 is 0 Å². The Labute approximate surface area is 95.1 Å². The van der Waals surface area contributed by atoms with Crippen molar-refractivity contribution in [1.29, 1.82) is 0 Å². The summed E-state index contributed by atoms with van der Waals surface area (Å²) in [6.45, 7) is -0.123. The fourth-order valence-corrected chi connectivity index (χ4v) is 1.58. The number of rotatable bonds is 2. The lowest BCUT2D eigenvalue weighted by atomic mass is 10.4. The topological polar surface area (TPSA) is 119 Å². The molecule has 3 rings (SSSR count). The predicted octanol–water partition coefficient (Wildman–Crippen LogP) is -0.387. The molecule has 8 nitrogen and oxygen atoms in total. The van der Waals surface area contributed by atoms with E-state index < -0.39 is 0 Å². The van der Waals surface area contributed by atoms with Crippen molar-refractivity contribution in [3.63, 3.8) is 0 Å². The molecule has 0 spiro atoms. The highest BCUT2D eigenvalue weighted by molar-refractivity contribution is 5.82. The predicted molar refractivity (Wildman–Crippen MR) is 59.1 cm³/mol. The number of nitrogen functional groups attached to an aromatic ring is 1. The van der Waals surface area contributed by atoms with Crippen LogP contribution in [-0.4, -0.2) is 35.1 Å². The number of aliphatic hydroxyl groups is 1. The minimum absolute atomic E-state index is 0.123. The zero-order valence-corrected chi connectivity index (χ0v) is 8.70. The van der Waals surface area contributed by atoms with E-state index >= 15 is 0 Å². The second-order valence-electron chi connectivity index (χ2n) is 3.45. The maximum absolute atomic E-state index is 8.97. The lowest BCUT2D eigenvalue weighted by molar-refractivity contribution is 0.276. The Morgan fingerprint density at radius 1 is 1.41 bits per heavy atom. The summed E-state index contributed by atoms with van der Waals surface area (Å²) in [7, 11) is 0. The van der Waals surface area contributed by atoms with Gasteiger partial charge in [-0.1, -0.05) is 0 Å². The van der Waals surface area contributed by atoms with Gasteiger partial charge in [-0.2, -0.15) is 20.2 Å². The van der Waals surface area contributed by atoms with E-state index in [4.69, 9.17) is 10.8 Å². The third kappa shape index (κ3) is 1.51. The molecule has 0 atom stereocenters. The van der Waals surface area contributed by atoms with Crippen molar-refractivity contribution in [3.05, 3.63) is 24.2 Å². The van der Waals surface area contributed by atoms with Gasteiger partial charge in [-0.15, -0.1) is 0 Å². The number of aliphatic hydroxyl groups excluding tert-OH is 1. The van der Waals surface area contributed by atoms with Crippen LogP contribution in [0.25, 0.3) is 16.9 Å². The fourth-order valence-electron chi connectivity index (χ4n) is 1.58. The average molecular weight is 231 g/mol. The standard InChI is InChI=1S/C9H9N7O/c10-9-12-7-6(3-11-14-7)8(13-9)16-2-1-5(4-17)15-16/h1-3,17H,4H2,(H3,10,11,12,13,14). The Kier molecular flexibility index (Phi) is 2.02. The van der Waals surface area contributed by atoms with Crippen LogP contribution in [0.4, 0.5) is 5.95 Å². The Bertz CT molecular complexity index is 671. The first-order chi connectivity index (χ1) is 8.28. The molecule has 8 heteroatoms. The van der Waals surface area contributed by atoms with Gasteiger partial charge in [0, 0.05) is 6.20 Å². The summed E-state index contributed by atoms with van der Waals surface area (Å²) in [5, 5.41) is 20.4. The summed E-state index contributed by atoms with van der Waals surface area (Å²) in [6, 6.07) is 1.70. The van der Waals surface area contributed by atoms with E-state index in [1.807, 2.05) is 0 Å². The van der Waals surface area contributed by atoms with E-state index in [-0.39, 0.29) is 12.6 Å². The largest absolute Gasteiger partial charge is 0.390 e. The van der Waals surface area contributed by atoms with E-state index in [9.17, 15) is 0 Å². The molecule has 0 amide bonds. The molecular weight excluding hydrogens is 222 g/mol. The highest BCUT2D eigenvalue weighted by Gasteiger charge is 2.10. The van der Waals surface area contributed by atoms with Crippen LogP contribution in [0.1, 0.15) is 5.69 Å². The number of fused-ring (bicyclic) bond motifs is 1. The molecule has 0 aliphatic carbocycles. The number of aromatic nitrogens is 6. The number of hydrogen-bond acceptors (Lipinski definition) is 6. The summed E-state index contributed by atoms with van der Waals surface area (Å²) in [4.78, 5) is 8.12. The van der Waals surface area contributed by atoms with Crippen LogP contribution in [0, 0.1) is 0 Å². The van der Waals surface area contributed by atoms with E-state index in [2.05, 4.69) is 25.3 Å². The first-order valence-corrected chi connectivity index (χ1v) is 4.90. The monoisotopic (exact) mass is 231 g/mol. The third-order valence-corrected chi connectivity index (χ3v) is 2.33. The van der Waals surface area contributed by atoms with Crippen molar-refractivity contribution in [2.45, 2.75) is 6.61 Å². The van der Waals surface area contributed by atoms with Crippen LogP contribution < -0.4 is 5.73 Å². The molecule has 0 aliphatic heterocycles. The number of nitrogens with two attached hydrogens (primary N) is 1. The molecule has 0 fully saturated rings.